The molecular formula is C17H22ClN3O4. The first kappa shape index (κ1) is 19.2. The molecule has 0 unspecified atom stereocenters. The number of ether oxygens (including phenoxy) is 3. The van der Waals surface area contributed by atoms with Crippen molar-refractivity contribution in [2.24, 2.45) is 0 Å². The number of methoxy groups -OCH3 is 2. The topological polar surface area (TPSA) is 76.9 Å². The molecule has 1 aromatic heterocycles. The van der Waals surface area contributed by atoms with Crippen LogP contribution in [0.5, 0.6) is 11.5 Å². The number of halogens is 1. The van der Waals surface area contributed by atoms with Crippen molar-refractivity contribution in [2.45, 2.75) is 12.6 Å². The normalized spacial score (nSPS) is 11.9. The Kier molecular flexibility index (Phi) is 7.24. The van der Waals surface area contributed by atoms with Gasteiger partial charge in [-0.05, 0) is 29.3 Å². The highest BCUT2D eigenvalue weighted by molar-refractivity contribution is 6.28. The Morgan fingerprint density at radius 1 is 1.24 bits per heavy atom. The minimum absolute atomic E-state index is 0.0934. The Labute approximate surface area is 152 Å². The van der Waals surface area contributed by atoms with Crippen molar-refractivity contribution in [3.63, 3.8) is 0 Å². The van der Waals surface area contributed by atoms with Crippen LogP contribution in [0.1, 0.15) is 5.56 Å². The molecule has 0 saturated carbocycles. The molecule has 2 rings (SSSR count). The molecule has 25 heavy (non-hydrogen) atoms. The number of benzene rings is 1. The molecule has 0 spiro atoms. The van der Waals surface area contributed by atoms with Gasteiger partial charge in [-0.2, -0.15) is 4.98 Å². The number of hydrogen-bond acceptors (Lipinski definition) is 7. The van der Waals surface area contributed by atoms with E-state index in [1.807, 2.05) is 24.3 Å². The first-order valence-electron chi connectivity index (χ1n) is 7.70. The lowest BCUT2D eigenvalue weighted by molar-refractivity contribution is 0.142. The number of anilines is 1. The first-order chi connectivity index (χ1) is 12.1. The minimum atomic E-state index is -0.278. The molecule has 1 atom stereocenters. The van der Waals surface area contributed by atoms with E-state index >= 15 is 0 Å². The SMILES string of the molecule is COC[C@@H](CO)N(C)c1nc(Cl)ncc1OCc1ccc(OC)cc1. The van der Waals surface area contributed by atoms with Crippen LogP contribution < -0.4 is 14.4 Å². The fraction of sp³-hybridized carbons (Fsp3) is 0.412. The van der Waals surface area contributed by atoms with Crippen molar-refractivity contribution >= 4 is 17.4 Å². The van der Waals surface area contributed by atoms with Gasteiger partial charge in [-0.25, -0.2) is 4.98 Å². The van der Waals surface area contributed by atoms with Gasteiger partial charge >= 0.3 is 0 Å². The number of nitrogens with zero attached hydrogens (tertiary/aromatic N) is 3. The second-order valence-electron chi connectivity index (χ2n) is 5.37. The standard InChI is InChI=1S/C17H22ClN3O4/c1-21(13(9-22)11-23-2)16-15(8-19-17(18)20-16)25-10-12-4-6-14(24-3)7-5-12/h4-8,13,22H,9-11H2,1-3H3/t13-/m1/s1. The maximum atomic E-state index is 9.56. The van der Waals surface area contributed by atoms with E-state index in [-0.39, 0.29) is 17.9 Å². The first-order valence-corrected chi connectivity index (χ1v) is 8.07. The summed E-state index contributed by atoms with van der Waals surface area (Å²) in [6.45, 7) is 0.584. The molecule has 0 bridgehead atoms. The number of aliphatic hydroxyl groups is 1. The van der Waals surface area contributed by atoms with Crippen LogP contribution in [0.2, 0.25) is 5.28 Å². The molecule has 0 fully saturated rings. The van der Waals surface area contributed by atoms with Crippen LogP contribution in [0.4, 0.5) is 5.82 Å². The van der Waals surface area contributed by atoms with Crippen molar-refractivity contribution in [1.29, 1.82) is 0 Å². The Balaban J connectivity index is 2.16. The van der Waals surface area contributed by atoms with Gasteiger partial charge < -0.3 is 24.2 Å². The molecule has 0 amide bonds. The number of hydrogen-bond donors (Lipinski definition) is 1. The lowest BCUT2D eigenvalue weighted by Gasteiger charge is -2.28. The minimum Gasteiger partial charge on any atom is -0.497 e. The Bertz CT molecular complexity index is 669. The van der Waals surface area contributed by atoms with Gasteiger partial charge in [0.25, 0.3) is 0 Å². The molecule has 0 aliphatic carbocycles. The van der Waals surface area contributed by atoms with Crippen molar-refractivity contribution in [1.82, 2.24) is 9.97 Å². The van der Waals surface area contributed by atoms with Gasteiger partial charge in [0.2, 0.25) is 5.28 Å². The van der Waals surface area contributed by atoms with E-state index in [0.717, 1.165) is 11.3 Å². The van der Waals surface area contributed by atoms with E-state index in [2.05, 4.69) is 9.97 Å². The Morgan fingerprint density at radius 3 is 2.56 bits per heavy atom. The monoisotopic (exact) mass is 367 g/mol. The van der Waals surface area contributed by atoms with Crippen LogP contribution >= 0.6 is 11.6 Å². The van der Waals surface area contributed by atoms with E-state index < -0.39 is 0 Å². The highest BCUT2D eigenvalue weighted by Gasteiger charge is 2.20. The smallest absolute Gasteiger partial charge is 0.224 e. The van der Waals surface area contributed by atoms with Crippen molar-refractivity contribution in [3.05, 3.63) is 41.3 Å². The average molecular weight is 368 g/mol. The van der Waals surface area contributed by atoms with Gasteiger partial charge in [0, 0.05) is 14.2 Å². The molecular weight excluding hydrogens is 346 g/mol. The summed E-state index contributed by atoms with van der Waals surface area (Å²) in [5.41, 5.74) is 0.972. The summed E-state index contributed by atoms with van der Waals surface area (Å²) in [4.78, 5) is 9.98. The third kappa shape index (κ3) is 5.19. The highest BCUT2D eigenvalue weighted by atomic mass is 35.5. The predicted molar refractivity (Wildman–Crippen MR) is 95.5 cm³/mol. The van der Waals surface area contributed by atoms with E-state index in [4.69, 9.17) is 25.8 Å². The largest absolute Gasteiger partial charge is 0.497 e. The van der Waals surface area contributed by atoms with Crippen LogP contribution in [-0.2, 0) is 11.3 Å². The molecule has 2 aromatic rings. The molecule has 0 aliphatic heterocycles. The third-order valence-electron chi connectivity index (χ3n) is 3.71. The predicted octanol–water partition coefficient (Wildman–Crippen LogP) is 2.16. The molecule has 1 aromatic carbocycles. The van der Waals surface area contributed by atoms with Gasteiger partial charge in [-0.15, -0.1) is 0 Å². The summed E-state index contributed by atoms with van der Waals surface area (Å²) < 4.78 is 16.1. The summed E-state index contributed by atoms with van der Waals surface area (Å²) in [5, 5.41) is 9.66. The maximum absolute atomic E-state index is 9.56. The van der Waals surface area contributed by atoms with Crippen molar-refractivity contribution in [2.75, 3.05) is 39.4 Å². The fourth-order valence-electron chi connectivity index (χ4n) is 2.23. The van der Waals surface area contributed by atoms with Crippen molar-refractivity contribution in [3.8, 4) is 11.5 Å². The number of aromatic nitrogens is 2. The van der Waals surface area contributed by atoms with Crippen LogP contribution in [-0.4, -0.2) is 55.6 Å². The molecule has 0 saturated heterocycles. The lowest BCUT2D eigenvalue weighted by Crippen LogP contribution is -2.39. The van der Waals surface area contributed by atoms with Gasteiger partial charge in [0.1, 0.15) is 12.4 Å². The van der Waals surface area contributed by atoms with E-state index in [1.165, 1.54) is 6.20 Å². The molecule has 136 valence electrons. The number of likely N-dealkylation sites (N-methyl/N-ethyl adjacent to an activating group) is 1. The second-order valence-corrected chi connectivity index (χ2v) is 5.70. The molecule has 7 nitrogen and oxygen atoms in total. The van der Waals surface area contributed by atoms with Gasteiger partial charge in [-0.1, -0.05) is 12.1 Å². The zero-order valence-electron chi connectivity index (χ0n) is 14.5. The van der Waals surface area contributed by atoms with Crippen LogP contribution in [0.15, 0.2) is 30.5 Å². The summed E-state index contributed by atoms with van der Waals surface area (Å²) in [6, 6.07) is 7.29. The average Bonchev–Trinajstić information content (AvgIpc) is 2.65. The van der Waals surface area contributed by atoms with E-state index in [9.17, 15) is 5.11 Å². The Morgan fingerprint density at radius 2 is 1.96 bits per heavy atom. The van der Waals surface area contributed by atoms with Crippen LogP contribution in [0.25, 0.3) is 0 Å². The number of aliphatic hydroxyl groups excluding tert-OH is 1. The van der Waals surface area contributed by atoms with Crippen LogP contribution in [0, 0.1) is 0 Å². The molecule has 1 N–H and O–H groups in total. The van der Waals surface area contributed by atoms with Gasteiger partial charge in [0.05, 0.1) is 32.6 Å². The fourth-order valence-corrected chi connectivity index (χ4v) is 2.36. The second kappa shape index (κ2) is 9.41. The zero-order valence-corrected chi connectivity index (χ0v) is 15.2. The molecule has 8 heteroatoms. The van der Waals surface area contributed by atoms with E-state index in [0.29, 0.717) is 24.8 Å². The summed E-state index contributed by atoms with van der Waals surface area (Å²) in [7, 11) is 4.99. The lowest BCUT2D eigenvalue weighted by atomic mass is 10.2. The molecule has 0 aliphatic rings. The van der Waals surface area contributed by atoms with Gasteiger partial charge in [0.15, 0.2) is 11.6 Å². The number of rotatable bonds is 9. The molecule has 1 heterocycles. The summed E-state index contributed by atoms with van der Waals surface area (Å²) in [5.74, 6) is 1.74. The summed E-state index contributed by atoms with van der Waals surface area (Å²) >= 11 is 5.92. The third-order valence-corrected chi connectivity index (χ3v) is 3.89. The summed E-state index contributed by atoms with van der Waals surface area (Å²) in [6.07, 6.45) is 1.52. The molecule has 0 radical (unpaired) electrons. The van der Waals surface area contributed by atoms with E-state index in [1.54, 1.807) is 26.2 Å². The zero-order chi connectivity index (χ0) is 18.2. The highest BCUT2D eigenvalue weighted by Crippen LogP contribution is 2.28. The van der Waals surface area contributed by atoms with Crippen molar-refractivity contribution < 1.29 is 19.3 Å². The van der Waals surface area contributed by atoms with Crippen LogP contribution in [0.3, 0.4) is 0 Å². The Hall–Kier alpha value is -2.09. The van der Waals surface area contributed by atoms with Gasteiger partial charge in [-0.3, -0.25) is 0 Å². The maximum Gasteiger partial charge on any atom is 0.224 e. The quantitative estimate of drug-likeness (QED) is 0.680.